The smallest absolute Gasteiger partial charge is 0.475 e. The van der Waals surface area contributed by atoms with Crippen molar-refractivity contribution in [3.05, 3.63) is 47.7 Å². The molecule has 11 nitrogen and oxygen atoms in total. The molecule has 210 valence electrons. The van der Waals surface area contributed by atoms with Crippen molar-refractivity contribution in [1.82, 2.24) is 15.6 Å². The molecule has 1 aliphatic rings. The molecule has 0 aliphatic carbocycles. The molecule has 0 unspecified atom stereocenters. The molecule has 1 fully saturated rings. The molecule has 4 N–H and O–H groups in total. The fraction of sp³-hybridized carbons (Fsp3) is 0.435. The Kier molecular flexibility index (Phi) is 11.3. The maximum Gasteiger partial charge on any atom is 0.490 e. The van der Waals surface area contributed by atoms with Gasteiger partial charge in [-0.25, -0.2) is 18.2 Å². The first-order valence-corrected chi connectivity index (χ1v) is 13.0. The van der Waals surface area contributed by atoms with Crippen LogP contribution in [0.5, 0.6) is 0 Å². The van der Waals surface area contributed by atoms with Gasteiger partial charge in [0.25, 0.3) is 15.9 Å². The Morgan fingerprint density at radius 2 is 1.79 bits per heavy atom. The molecule has 1 saturated heterocycles. The number of alkyl halides is 3. The topological polar surface area (TPSA) is 150 Å². The summed E-state index contributed by atoms with van der Waals surface area (Å²) in [6.45, 7) is 5.89. The molecule has 0 bridgehead atoms. The maximum atomic E-state index is 12.9. The highest BCUT2D eigenvalue weighted by Crippen LogP contribution is 2.24. The van der Waals surface area contributed by atoms with Crippen molar-refractivity contribution in [2.45, 2.75) is 24.4 Å². The van der Waals surface area contributed by atoms with Crippen molar-refractivity contribution in [2.24, 2.45) is 0 Å². The highest BCUT2D eigenvalue weighted by Gasteiger charge is 2.38. The average Bonchev–Trinajstić information content (AvgIpc) is 2.87. The lowest BCUT2D eigenvalue weighted by atomic mass is 10.2. The lowest BCUT2D eigenvalue weighted by molar-refractivity contribution is -0.192. The van der Waals surface area contributed by atoms with E-state index in [1.807, 2.05) is 11.8 Å². The van der Waals surface area contributed by atoms with E-state index in [9.17, 15) is 26.4 Å². The quantitative estimate of drug-likeness (QED) is 0.337. The number of aromatic nitrogens is 1. The first-order chi connectivity index (χ1) is 17.8. The van der Waals surface area contributed by atoms with E-state index in [0.717, 1.165) is 18.7 Å². The van der Waals surface area contributed by atoms with E-state index in [1.165, 1.54) is 6.20 Å². The summed E-state index contributed by atoms with van der Waals surface area (Å²) < 4.78 is 64.8. The summed E-state index contributed by atoms with van der Waals surface area (Å²) in [6, 6.07) is 8.10. The summed E-state index contributed by atoms with van der Waals surface area (Å²) in [6.07, 6.45) is -2.96. The highest BCUT2D eigenvalue weighted by atomic mass is 32.2. The number of nitrogens with one attached hydrogen (secondary N) is 3. The average molecular weight is 562 g/mol. The van der Waals surface area contributed by atoms with Crippen molar-refractivity contribution >= 4 is 33.4 Å². The third kappa shape index (κ3) is 9.46. The van der Waals surface area contributed by atoms with Crippen LogP contribution in [0.4, 0.5) is 24.7 Å². The number of nitrogens with zero attached hydrogens (tertiary/aromatic N) is 2. The van der Waals surface area contributed by atoms with Crippen LogP contribution in [0.25, 0.3) is 0 Å². The number of hydrogen-bond donors (Lipinski definition) is 4. The second kappa shape index (κ2) is 13.9. The minimum absolute atomic E-state index is 0.148. The Labute approximate surface area is 218 Å². The van der Waals surface area contributed by atoms with Crippen molar-refractivity contribution in [2.75, 3.05) is 56.1 Å². The summed E-state index contributed by atoms with van der Waals surface area (Å²) in [4.78, 5) is 28.4. The Balaban J connectivity index is 0.000000638. The summed E-state index contributed by atoms with van der Waals surface area (Å²) in [5.41, 5.74) is 1.54. The van der Waals surface area contributed by atoms with Crippen LogP contribution in [-0.4, -0.2) is 83.0 Å². The Morgan fingerprint density at radius 1 is 1.18 bits per heavy atom. The van der Waals surface area contributed by atoms with Crippen molar-refractivity contribution in [1.29, 1.82) is 0 Å². The van der Waals surface area contributed by atoms with Gasteiger partial charge in [-0.05, 0) is 31.5 Å². The number of pyridine rings is 1. The van der Waals surface area contributed by atoms with E-state index in [-0.39, 0.29) is 16.5 Å². The lowest BCUT2D eigenvalue weighted by Gasteiger charge is -2.30. The maximum absolute atomic E-state index is 12.9. The second-order valence-corrected chi connectivity index (χ2v) is 9.84. The van der Waals surface area contributed by atoms with Crippen LogP contribution in [0.2, 0.25) is 0 Å². The number of hydrogen-bond acceptors (Lipinski definition) is 8. The van der Waals surface area contributed by atoms with E-state index in [1.54, 1.807) is 37.4 Å². The number of aliphatic carboxylic acids is 1. The van der Waals surface area contributed by atoms with Crippen LogP contribution < -0.4 is 20.3 Å². The van der Waals surface area contributed by atoms with E-state index in [4.69, 9.17) is 14.6 Å². The van der Waals surface area contributed by atoms with Crippen molar-refractivity contribution < 1.29 is 41.0 Å². The number of anilines is 2. The third-order valence-corrected chi connectivity index (χ3v) is 6.56. The number of sulfonamides is 1. The molecule has 0 atom stereocenters. The fourth-order valence-electron chi connectivity index (χ4n) is 3.25. The molecule has 2 aromatic rings. The molecular formula is C23H30F3N5O6S. The Morgan fingerprint density at radius 3 is 2.34 bits per heavy atom. The number of ether oxygens (including phenoxy) is 1. The third-order valence-electron chi connectivity index (χ3n) is 5.16. The van der Waals surface area contributed by atoms with Gasteiger partial charge in [-0.2, -0.15) is 13.2 Å². The first kappa shape index (κ1) is 30.8. The minimum Gasteiger partial charge on any atom is -0.475 e. The SMILES string of the molecule is COCCCNC(=O)c1cc(NS(=O)(=O)c2ccc(C)cc2)cnc1N1CCNCC1.O=C(O)C(F)(F)F. The number of halogens is 3. The van der Waals surface area contributed by atoms with Gasteiger partial charge < -0.3 is 25.4 Å². The molecule has 1 aromatic carbocycles. The number of carboxylic acid groups (broad SMARTS) is 1. The predicted octanol–water partition coefficient (Wildman–Crippen LogP) is 2.00. The van der Waals surface area contributed by atoms with Gasteiger partial charge in [0, 0.05) is 46.4 Å². The molecule has 38 heavy (non-hydrogen) atoms. The van der Waals surface area contributed by atoms with E-state index in [0.29, 0.717) is 44.0 Å². The molecule has 2 heterocycles. The minimum atomic E-state index is -5.08. The number of carboxylic acids is 1. The molecule has 0 spiro atoms. The number of carbonyl (C=O) groups is 2. The second-order valence-electron chi connectivity index (χ2n) is 8.16. The highest BCUT2D eigenvalue weighted by molar-refractivity contribution is 7.92. The predicted molar refractivity (Wildman–Crippen MR) is 134 cm³/mol. The van der Waals surface area contributed by atoms with Crippen LogP contribution in [0.1, 0.15) is 22.3 Å². The van der Waals surface area contributed by atoms with Gasteiger partial charge in [-0.1, -0.05) is 17.7 Å². The standard InChI is InChI=1S/C21H29N5O4S.C2HF3O2/c1-16-4-6-18(7-5-16)31(28,29)25-17-14-19(21(27)23-8-3-13-30-2)20(24-15-17)26-11-9-22-10-12-26;3-2(4,5)1(6)7/h4-7,14-15,22,25H,3,8-13H2,1-2H3,(H,23,27);(H,6,7). The number of aryl methyl sites for hydroxylation is 1. The van der Waals surface area contributed by atoms with Crippen molar-refractivity contribution in [3.63, 3.8) is 0 Å². The molecule has 0 saturated carbocycles. The number of rotatable bonds is 9. The normalized spacial score (nSPS) is 13.8. The van der Waals surface area contributed by atoms with Gasteiger partial charge in [-0.3, -0.25) is 9.52 Å². The summed E-state index contributed by atoms with van der Waals surface area (Å²) in [5, 5.41) is 13.3. The molecule has 1 aliphatic heterocycles. The van der Waals surface area contributed by atoms with Gasteiger partial charge in [0.05, 0.1) is 22.3 Å². The Hall–Kier alpha value is -3.43. The van der Waals surface area contributed by atoms with Gasteiger partial charge in [0.1, 0.15) is 5.82 Å². The zero-order valence-electron chi connectivity index (χ0n) is 20.8. The number of benzene rings is 1. The largest absolute Gasteiger partial charge is 0.490 e. The number of methoxy groups -OCH3 is 1. The Bertz CT molecular complexity index is 1190. The van der Waals surface area contributed by atoms with E-state index in [2.05, 4.69) is 20.3 Å². The van der Waals surface area contributed by atoms with Gasteiger partial charge in [0.2, 0.25) is 0 Å². The van der Waals surface area contributed by atoms with Gasteiger partial charge in [0.15, 0.2) is 0 Å². The molecule has 15 heteroatoms. The number of piperazine rings is 1. The van der Waals surface area contributed by atoms with Gasteiger partial charge in [-0.15, -0.1) is 0 Å². The van der Waals surface area contributed by atoms with Crippen LogP contribution in [0, 0.1) is 6.92 Å². The summed E-state index contributed by atoms with van der Waals surface area (Å²) in [7, 11) is -2.19. The summed E-state index contributed by atoms with van der Waals surface area (Å²) >= 11 is 0. The van der Waals surface area contributed by atoms with Crippen molar-refractivity contribution in [3.8, 4) is 0 Å². The van der Waals surface area contributed by atoms with Gasteiger partial charge >= 0.3 is 12.1 Å². The number of carbonyl (C=O) groups excluding carboxylic acids is 1. The fourth-order valence-corrected chi connectivity index (χ4v) is 4.29. The zero-order valence-corrected chi connectivity index (χ0v) is 21.7. The van der Waals surface area contributed by atoms with Crippen LogP contribution in [0.3, 0.4) is 0 Å². The molecule has 1 amide bonds. The first-order valence-electron chi connectivity index (χ1n) is 11.5. The summed E-state index contributed by atoms with van der Waals surface area (Å²) in [5.74, 6) is -2.51. The van der Waals surface area contributed by atoms with Crippen LogP contribution >= 0.6 is 0 Å². The monoisotopic (exact) mass is 561 g/mol. The zero-order chi connectivity index (χ0) is 28.3. The lowest BCUT2D eigenvalue weighted by Crippen LogP contribution is -2.44. The number of amides is 1. The molecule has 0 radical (unpaired) electrons. The molecule has 3 rings (SSSR count). The van der Waals surface area contributed by atoms with Crippen LogP contribution in [0.15, 0.2) is 41.4 Å². The van der Waals surface area contributed by atoms with Crippen LogP contribution in [-0.2, 0) is 19.6 Å². The molecular weight excluding hydrogens is 531 g/mol. The van der Waals surface area contributed by atoms with E-state index < -0.39 is 22.2 Å². The van der Waals surface area contributed by atoms with E-state index >= 15 is 0 Å². The molecule has 1 aromatic heterocycles.